The van der Waals surface area contributed by atoms with E-state index in [9.17, 15) is 24.8 Å². The molecular formula is C14H18N2O5. The number of carbonyl (C=O) groups is 2. The third-order valence-corrected chi connectivity index (χ3v) is 3.27. The molecule has 0 aliphatic rings. The average molecular weight is 294 g/mol. The molecule has 0 saturated carbocycles. The molecule has 0 aliphatic carbocycles. The molecule has 7 nitrogen and oxygen atoms in total. The molecule has 7 heteroatoms. The lowest BCUT2D eigenvalue weighted by Crippen LogP contribution is -2.52. The Hall–Kier alpha value is -2.44. The van der Waals surface area contributed by atoms with Crippen molar-refractivity contribution in [3.05, 3.63) is 39.4 Å². The normalized spacial score (nSPS) is 13.3. The molecule has 1 rings (SSSR count). The summed E-state index contributed by atoms with van der Waals surface area (Å²) in [6.07, 6.45) is 0.891. The molecule has 0 aliphatic heterocycles. The van der Waals surface area contributed by atoms with Crippen molar-refractivity contribution in [2.24, 2.45) is 0 Å². The van der Waals surface area contributed by atoms with Gasteiger partial charge in [-0.25, -0.2) is 4.79 Å². The van der Waals surface area contributed by atoms with Gasteiger partial charge in [-0.3, -0.25) is 14.9 Å². The molecule has 0 radical (unpaired) electrons. The molecule has 1 amide bonds. The van der Waals surface area contributed by atoms with Crippen LogP contribution < -0.4 is 5.32 Å². The van der Waals surface area contributed by atoms with E-state index in [4.69, 9.17) is 0 Å². The molecular weight excluding hydrogens is 276 g/mol. The number of carbonyl (C=O) groups excluding carboxylic acids is 1. The van der Waals surface area contributed by atoms with Crippen molar-refractivity contribution in [2.45, 2.75) is 39.2 Å². The Morgan fingerprint density at radius 3 is 2.48 bits per heavy atom. The molecule has 0 heterocycles. The summed E-state index contributed by atoms with van der Waals surface area (Å²) >= 11 is 0. The molecule has 0 saturated heterocycles. The Kier molecular flexibility index (Phi) is 5.02. The summed E-state index contributed by atoms with van der Waals surface area (Å²) in [6, 6.07) is 3.93. The van der Waals surface area contributed by atoms with E-state index in [1.165, 1.54) is 32.0 Å². The maximum atomic E-state index is 12.1. The predicted molar refractivity (Wildman–Crippen MR) is 76.2 cm³/mol. The van der Waals surface area contributed by atoms with Crippen LogP contribution in [0.2, 0.25) is 0 Å². The molecule has 2 N–H and O–H groups in total. The number of nitro groups is 1. The highest BCUT2D eigenvalue weighted by molar-refractivity contribution is 5.98. The Balaban J connectivity index is 3.01. The van der Waals surface area contributed by atoms with Crippen LogP contribution in [0.3, 0.4) is 0 Å². The summed E-state index contributed by atoms with van der Waals surface area (Å²) in [4.78, 5) is 33.6. The molecule has 1 atom stereocenters. The maximum absolute atomic E-state index is 12.1. The quantitative estimate of drug-likeness (QED) is 0.617. The number of carboxylic acid groups (broad SMARTS) is 1. The summed E-state index contributed by atoms with van der Waals surface area (Å²) in [7, 11) is 0. The smallest absolute Gasteiger partial charge is 0.329 e. The number of carboxylic acids is 1. The van der Waals surface area contributed by atoms with Crippen LogP contribution in [0.1, 0.15) is 42.6 Å². The molecule has 0 spiro atoms. The maximum Gasteiger partial charge on any atom is 0.329 e. The molecule has 21 heavy (non-hydrogen) atoms. The molecule has 114 valence electrons. The van der Waals surface area contributed by atoms with E-state index >= 15 is 0 Å². The van der Waals surface area contributed by atoms with Gasteiger partial charge in [0.1, 0.15) is 5.54 Å². The van der Waals surface area contributed by atoms with E-state index in [1.807, 2.05) is 6.92 Å². The molecule has 1 aromatic carbocycles. The van der Waals surface area contributed by atoms with Gasteiger partial charge < -0.3 is 10.4 Å². The van der Waals surface area contributed by atoms with Gasteiger partial charge in [0.15, 0.2) is 0 Å². The van der Waals surface area contributed by atoms with E-state index < -0.39 is 22.3 Å². The summed E-state index contributed by atoms with van der Waals surface area (Å²) in [5, 5.41) is 22.4. The lowest BCUT2D eigenvalue weighted by molar-refractivity contribution is -0.385. The van der Waals surface area contributed by atoms with E-state index in [0.29, 0.717) is 18.4 Å². The number of rotatable bonds is 6. The number of nitrogens with zero attached hydrogens (tertiary/aromatic N) is 1. The molecule has 0 fully saturated rings. The van der Waals surface area contributed by atoms with Crippen LogP contribution in [0.15, 0.2) is 18.2 Å². The van der Waals surface area contributed by atoms with E-state index in [0.717, 1.165) is 0 Å². The SMILES string of the molecule is CCCC(C)(NC(=O)c1ccc([N+](=O)[O-])c(C)c1)C(=O)O. The summed E-state index contributed by atoms with van der Waals surface area (Å²) in [5.41, 5.74) is -0.899. The average Bonchev–Trinajstić information content (AvgIpc) is 2.38. The second-order valence-corrected chi connectivity index (χ2v) is 5.10. The van der Waals surface area contributed by atoms with Gasteiger partial charge in [0, 0.05) is 17.2 Å². The van der Waals surface area contributed by atoms with Crippen molar-refractivity contribution >= 4 is 17.6 Å². The standard InChI is InChI=1S/C14H18N2O5/c1-4-7-14(3,13(18)19)15-12(17)10-5-6-11(16(20)21)9(2)8-10/h5-6,8H,4,7H2,1-3H3,(H,15,17)(H,18,19). The third kappa shape index (κ3) is 3.77. The number of nitrogens with one attached hydrogen (secondary N) is 1. The van der Waals surface area contributed by atoms with E-state index in [1.54, 1.807) is 0 Å². The number of benzene rings is 1. The van der Waals surface area contributed by atoms with Gasteiger partial charge in [-0.15, -0.1) is 0 Å². The Morgan fingerprint density at radius 2 is 2.05 bits per heavy atom. The molecule has 1 unspecified atom stereocenters. The number of nitro benzene ring substituents is 1. The van der Waals surface area contributed by atoms with E-state index in [-0.39, 0.29) is 11.3 Å². The van der Waals surface area contributed by atoms with Crippen molar-refractivity contribution in [1.29, 1.82) is 0 Å². The predicted octanol–water partition coefficient (Wildman–Crippen LogP) is 2.28. The van der Waals surface area contributed by atoms with Crippen LogP contribution in [0.5, 0.6) is 0 Å². The molecule has 0 bridgehead atoms. The number of aryl methyl sites for hydroxylation is 1. The minimum absolute atomic E-state index is 0.0823. The fourth-order valence-corrected chi connectivity index (χ4v) is 2.05. The minimum atomic E-state index is -1.36. The minimum Gasteiger partial charge on any atom is -0.480 e. The second-order valence-electron chi connectivity index (χ2n) is 5.10. The van der Waals surface area contributed by atoms with Gasteiger partial charge in [-0.2, -0.15) is 0 Å². The number of amides is 1. The zero-order valence-electron chi connectivity index (χ0n) is 12.2. The topological polar surface area (TPSA) is 110 Å². The van der Waals surface area contributed by atoms with Crippen molar-refractivity contribution in [1.82, 2.24) is 5.32 Å². The zero-order chi connectivity index (χ0) is 16.2. The van der Waals surface area contributed by atoms with Crippen molar-refractivity contribution in [2.75, 3.05) is 0 Å². The zero-order valence-corrected chi connectivity index (χ0v) is 12.2. The lowest BCUT2D eigenvalue weighted by atomic mass is 9.95. The largest absolute Gasteiger partial charge is 0.480 e. The highest BCUT2D eigenvalue weighted by atomic mass is 16.6. The van der Waals surface area contributed by atoms with Crippen LogP contribution >= 0.6 is 0 Å². The summed E-state index contributed by atoms with van der Waals surface area (Å²) in [6.45, 7) is 4.79. The number of hydrogen-bond donors (Lipinski definition) is 2. The van der Waals surface area contributed by atoms with Gasteiger partial charge in [0.25, 0.3) is 11.6 Å². The van der Waals surface area contributed by atoms with Crippen LogP contribution in [0.25, 0.3) is 0 Å². The van der Waals surface area contributed by atoms with Crippen LogP contribution in [0.4, 0.5) is 5.69 Å². The first kappa shape index (κ1) is 16.6. The first-order chi connectivity index (χ1) is 9.71. The fourth-order valence-electron chi connectivity index (χ4n) is 2.05. The van der Waals surface area contributed by atoms with Gasteiger partial charge in [0.05, 0.1) is 4.92 Å². The first-order valence-electron chi connectivity index (χ1n) is 6.52. The third-order valence-electron chi connectivity index (χ3n) is 3.27. The van der Waals surface area contributed by atoms with Crippen LogP contribution in [-0.4, -0.2) is 27.4 Å². The lowest BCUT2D eigenvalue weighted by Gasteiger charge is -2.25. The molecule has 1 aromatic rings. The van der Waals surface area contributed by atoms with Gasteiger partial charge in [-0.1, -0.05) is 13.3 Å². The highest BCUT2D eigenvalue weighted by Crippen LogP contribution is 2.20. The Labute approximate surface area is 122 Å². The summed E-state index contributed by atoms with van der Waals surface area (Å²) in [5.74, 6) is -1.68. The Bertz CT molecular complexity index is 585. The van der Waals surface area contributed by atoms with Gasteiger partial charge >= 0.3 is 5.97 Å². The van der Waals surface area contributed by atoms with Crippen LogP contribution in [-0.2, 0) is 4.79 Å². The first-order valence-corrected chi connectivity index (χ1v) is 6.52. The highest BCUT2D eigenvalue weighted by Gasteiger charge is 2.34. The summed E-state index contributed by atoms with van der Waals surface area (Å²) < 4.78 is 0. The van der Waals surface area contributed by atoms with E-state index in [2.05, 4.69) is 5.32 Å². The van der Waals surface area contributed by atoms with Crippen LogP contribution in [0, 0.1) is 17.0 Å². The van der Waals surface area contributed by atoms with Gasteiger partial charge in [-0.05, 0) is 32.4 Å². The monoisotopic (exact) mass is 294 g/mol. The Morgan fingerprint density at radius 1 is 1.43 bits per heavy atom. The second kappa shape index (κ2) is 6.34. The molecule has 0 aromatic heterocycles. The number of hydrogen-bond acceptors (Lipinski definition) is 4. The fraction of sp³-hybridized carbons (Fsp3) is 0.429. The van der Waals surface area contributed by atoms with Crippen molar-refractivity contribution < 1.29 is 19.6 Å². The van der Waals surface area contributed by atoms with Crippen molar-refractivity contribution in [3.63, 3.8) is 0 Å². The van der Waals surface area contributed by atoms with Gasteiger partial charge in [0.2, 0.25) is 0 Å². The van der Waals surface area contributed by atoms with Crippen molar-refractivity contribution in [3.8, 4) is 0 Å². The number of aliphatic carboxylic acids is 1.